The number of phosphoric ester groups is 1. The van der Waals surface area contributed by atoms with Gasteiger partial charge in [-0.2, -0.15) is 0 Å². The van der Waals surface area contributed by atoms with Crippen LogP contribution in [-0.4, -0.2) is 39.2 Å². The molecule has 0 amide bonds. The van der Waals surface area contributed by atoms with Gasteiger partial charge in [0.2, 0.25) is 0 Å². The summed E-state index contributed by atoms with van der Waals surface area (Å²) in [5, 5.41) is 0. The zero-order valence-corrected chi connectivity index (χ0v) is 11.0. The monoisotopic (exact) mass is 260 g/mol. The summed E-state index contributed by atoms with van der Waals surface area (Å²) in [6.45, 7) is 2.92. The van der Waals surface area contributed by atoms with Crippen LogP contribution < -0.4 is 0 Å². The maximum absolute atomic E-state index is 11.4. The Balaban J connectivity index is 2.65. The molecular weight excluding hydrogens is 242 g/mol. The summed E-state index contributed by atoms with van der Waals surface area (Å²) in [5.41, 5.74) is 0. The fraction of sp³-hybridized carbons (Fsp3) is 0.800. The Labute approximate surface area is 103 Å². The van der Waals surface area contributed by atoms with E-state index in [1.807, 2.05) is 19.1 Å². The predicted octanol–water partition coefficient (Wildman–Crippen LogP) is 1.69. The van der Waals surface area contributed by atoms with Crippen LogP contribution in [0.3, 0.4) is 0 Å². The molecule has 0 aromatic heterocycles. The summed E-state index contributed by atoms with van der Waals surface area (Å²) < 4.78 is 26.2. The second-order valence-electron chi connectivity index (χ2n) is 3.90. The van der Waals surface area contributed by atoms with Crippen molar-refractivity contribution in [3.8, 4) is 0 Å². The molecule has 0 spiro atoms. The molecule has 0 aliphatic heterocycles. The summed E-state index contributed by atoms with van der Waals surface area (Å²) in [5.74, 6) is -0.250. The topological polar surface area (TPSA) is 65.0 Å². The molecule has 2 radical (unpaired) electrons. The third kappa shape index (κ3) is 4.94. The van der Waals surface area contributed by atoms with Crippen molar-refractivity contribution in [3.63, 3.8) is 0 Å². The Hall–Kier alpha value is -0.125. The first-order valence-electron chi connectivity index (χ1n) is 5.57. The van der Waals surface area contributed by atoms with Crippen molar-refractivity contribution in [1.29, 1.82) is 0 Å². The van der Waals surface area contributed by atoms with E-state index in [9.17, 15) is 9.46 Å². The quantitative estimate of drug-likeness (QED) is 0.447. The largest absolute Gasteiger partial charge is 0.472 e. The number of allylic oxidation sites excluding steroid dienone is 1. The number of hydrogen-bond donors (Lipinski definition) is 1. The molecule has 17 heavy (non-hydrogen) atoms. The number of ether oxygens (including phenoxy) is 1. The standard InChI is InChI=1S/C10H18BO5P/c1-3-15-7-8-4-5-9(11)6-10(8)16-17(12,13)14-2/h4-5,8-10H,3,6-7H2,1-2H3,(H,12,13). The number of hydrogen-bond acceptors (Lipinski definition) is 4. The van der Waals surface area contributed by atoms with Gasteiger partial charge in [-0.05, 0) is 13.3 Å². The van der Waals surface area contributed by atoms with Gasteiger partial charge in [0, 0.05) is 19.6 Å². The summed E-state index contributed by atoms with van der Waals surface area (Å²) in [6, 6.07) is 0. The first-order chi connectivity index (χ1) is 7.98. The van der Waals surface area contributed by atoms with Gasteiger partial charge in [-0.1, -0.05) is 18.0 Å². The van der Waals surface area contributed by atoms with Crippen LogP contribution in [0.2, 0.25) is 5.82 Å². The minimum atomic E-state index is -3.98. The molecule has 1 aliphatic carbocycles. The van der Waals surface area contributed by atoms with Gasteiger partial charge < -0.3 is 9.63 Å². The molecule has 0 aromatic carbocycles. The lowest BCUT2D eigenvalue weighted by Crippen LogP contribution is -2.30. The highest BCUT2D eigenvalue weighted by Crippen LogP contribution is 2.46. The van der Waals surface area contributed by atoms with Gasteiger partial charge in [-0.25, -0.2) is 4.57 Å². The average Bonchev–Trinajstić information content (AvgIpc) is 2.28. The Bertz CT molecular complexity index is 309. The Kier molecular flexibility index (Phi) is 5.90. The van der Waals surface area contributed by atoms with Gasteiger partial charge in [0.15, 0.2) is 0 Å². The van der Waals surface area contributed by atoms with Gasteiger partial charge >= 0.3 is 7.82 Å². The van der Waals surface area contributed by atoms with E-state index < -0.39 is 13.9 Å². The average molecular weight is 260 g/mol. The molecule has 96 valence electrons. The lowest BCUT2D eigenvalue weighted by atomic mass is 9.75. The fourth-order valence-corrected chi connectivity index (χ4v) is 2.35. The maximum Gasteiger partial charge on any atom is 0.472 e. The highest BCUT2D eigenvalue weighted by atomic mass is 31.2. The van der Waals surface area contributed by atoms with Crippen LogP contribution in [0, 0.1) is 5.92 Å². The molecule has 4 unspecified atom stereocenters. The molecular formula is C10H18BO5P. The van der Waals surface area contributed by atoms with Crippen molar-refractivity contribution in [2.75, 3.05) is 20.3 Å². The van der Waals surface area contributed by atoms with Crippen LogP contribution in [0.5, 0.6) is 0 Å². The van der Waals surface area contributed by atoms with E-state index in [4.69, 9.17) is 17.1 Å². The van der Waals surface area contributed by atoms with Gasteiger partial charge in [-0.3, -0.25) is 9.05 Å². The Morgan fingerprint density at radius 1 is 1.53 bits per heavy atom. The van der Waals surface area contributed by atoms with Gasteiger partial charge in [0.25, 0.3) is 0 Å². The molecule has 1 N–H and O–H groups in total. The van der Waals surface area contributed by atoms with Crippen LogP contribution in [-0.2, 0) is 18.3 Å². The SMILES string of the molecule is [B]C1C=CC(COCC)C(OP(=O)(O)OC)C1. The van der Waals surface area contributed by atoms with E-state index in [1.54, 1.807) is 0 Å². The zero-order chi connectivity index (χ0) is 12.9. The maximum atomic E-state index is 11.4. The van der Waals surface area contributed by atoms with Crippen LogP contribution >= 0.6 is 7.82 Å². The lowest BCUT2D eigenvalue weighted by molar-refractivity contribution is 0.0374. The Morgan fingerprint density at radius 2 is 2.24 bits per heavy atom. The molecule has 0 bridgehead atoms. The van der Waals surface area contributed by atoms with Crippen molar-refractivity contribution < 1.29 is 23.2 Å². The van der Waals surface area contributed by atoms with Gasteiger partial charge in [0.05, 0.1) is 20.6 Å². The molecule has 4 atom stereocenters. The molecule has 0 fully saturated rings. The Morgan fingerprint density at radius 3 is 2.82 bits per heavy atom. The van der Waals surface area contributed by atoms with Gasteiger partial charge in [0.1, 0.15) is 0 Å². The summed E-state index contributed by atoms with van der Waals surface area (Å²) in [6.07, 6.45) is 3.74. The van der Waals surface area contributed by atoms with E-state index in [1.165, 1.54) is 0 Å². The summed E-state index contributed by atoms with van der Waals surface area (Å²) in [4.78, 5) is 9.31. The third-order valence-electron chi connectivity index (χ3n) is 2.60. The smallest absolute Gasteiger partial charge is 0.381 e. The second kappa shape index (κ2) is 6.71. The molecule has 0 aromatic rings. The van der Waals surface area contributed by atoms with Crippen molar-refractivity contribution >= 4 is 15.7 Å². The third-order valence-corrected chi connectivity index (χ3v) is 3.60. The van der Waals surface area contributed by atoms with Crippen LogP contribution in [0.25, 0.3) is 0 Å². The highest BCUT2D eigenvalue weighted by molar-refractivity contribution is 7.47. The van der Waals surface area contributed by atoms with E-state index in [0.717, 1.165) is 7.11 Å². The van der Waals surface area contributed by atoms with Crippen molar-refractivity contribution in [3.05, 3.63) is 12.2 Å². The van der Waals surface area contributed by atoms with Crippen molar-refractivity contribution in [2.24, 2.45) is 5.92 Å². The minimum Gasteiger partial charge on any atom is -0.381 e. The minimum absolute atomic E-state index is 0.0784. The first-order valence-corrected chi connectivity index (χ1v) is 7.06. The highest BCUT2D eigenvalue weighted by Gasteiger charge is 2.32. The molecule has 0 heterocycles. The zero-order valence-electron chi connectivity index (χ0n) is 10.1. The number of phosphoric acid groups is 1. The molecule has 7 heteroatoms. The van der Waals surface area contributed by atoms with E-state index in [-0.39, 0.29) is 11.7 Å². The first kappa shape index (κ1) is 14.9. The van der Waals surface area contributed by atoms with E-state index in [0.29, 0.717) is 19.6 Å². The van der Waals surface area contributed by atoms with Crippen LogP contribution in [0.4, 0.5) is 0 Å². The predicted molar refractivity (Wildman–Crippen MR) is 65.0 cm³/mol. The summed E-state index contributed by atoms with van der Waals surface area (Å²) in [7, 11) is 2.91. The lowest BCUT2D eigenvalue weighted by Gasteiger charge is -2.31. The van der Waals surface area contributed by atoms with Gasteiger partial charge in [-0.15, -0.1) is 0 Å². The van der Waals surface area contributed by atoms with Crippen molar-refractivity contribution in [2.45, 2.75) is 25.3 Å². The van der Waals surface area contributed by atoms with Crippen LogP contribution in [0.15, 0.2) is 12.2 Å². The molecule has 0 saturated carbocycles. The normalized spacial score (nSPS) is 32.3. The summed E-state index contributed by atoms with van der Waals surface area (Å²) >= 11 is 0. The second-order valence-corrected chi connectivity index (χ2v) is 5.42. The molecule has 0 saturated heterocycles. The molecule has 5 nitrogen and oxygen atoms in total. The van der Waals surface area contributed by atoms with Crippen molar-refractivity contribution in [1.82, 2.24) is 0 Å². The molecule has 1 rings (SSSR count). The van der Waals surface area contributed by atoms with Crippen LogP contribution in [0.1, 0.15) is 13.3 Å². The molecule has 1 aliphatic rings. The van der Waals surface area contributed by atoms with E-state index in [2.05, 4.69) is 4.52 Å². The number of rotatable bonds is 6. The van der Waals surface area contributed by atoms with E-state index >= 15 is 0 Å². The fourth-order valence-electron chi connectivity index (χ4n) is 1.68.